The Bertz CT molecular complexity index is 1380. The van der Waals surface area contributed by atoms with E-state index in [2.05, 4.69) is 57.2 Å². The normalized spacial score (nSPS) is 12.2. The molecule has 0 bridgehead atoms. The van der Waals surface area contributed by atoms with E-state index >= 15 is 0 Å². The Kier molecular flexibility index (Phi) is 70.0. The minimum atomic E-state index is -0.777. The third kappa shape index (κ3) is 70.3. The summed E-state index contributed by atoms with van der Waals surface area (Å²) in [5, 5.41) is 0. The van der Waals surface area contributed by atoms with Gasteiger partial charge in [-0.15, -0.1) is 0 Å². The predicted molar refractivity (Wildman–Crippen MR) is 362 cm³/mol. The molecule has 0 radical (unpaired) electrons. The van der Waals surface area contributed by atoms with Gasteiger partial charge in [-0.3, -0.25) is 14.4 Å². The summed E-state index contributed by atoms with van der Waals surface area (Å²) in [4.78, 5) is 38.4. The van der Waals surface area contributed by atoms with Gasteiger partial charge in [0.1, 0.15) is 13.2 Å². The molecule has 0 saturated carbocycles. The van der Waals surface area contributed by atoms with Crippen molar-refractivity contribution in [2.24, 2.45) is 0 Å². The molecule has 0 saturated heterocycles. The van der Waals surface area contributed by atoms with Crippen molar-refractivity contribution in [1.82, 2.24) is 0 Å². The zero-order chi connectivity index (χ0) is 59.9. The van der Waals surface area contributed by atoms with E-state index in [4.69, 9.17) is 14.2 Å². The summed E-state index contributed by atoms with van der Waals surface area (Å²) in [5.74, 6) is -0.858. The van der Waals surface area contributed by atoms with Crippen molar-refractivity contribution in [2.45, 2.75) is 425 Å². The summed E-state index contributed by atoms with van der Waals surface area (Å²) < 4.78 is 17.0. The molecule has 83 heavy (non-hydrogen) atoms. The lowest BCUT2D eigenvalue weighted by Crippen LogP contribution is -2.30. The summed E-state index contributed by atoms with van der Waals surface area (Å²) in [7, 11) is 0. The van der Waals surface area contributed by atoms with Gasteiger partial charge in [-0.2, -0.15) is 0 Å². The highest BCUT2D eigenvalue weighted by Gasteiger charge is 2.20. The fourth-order valence-corrected chi connectivity index (χ4v) is 11.6. The van der Waals surface area contributed by atoms with Crippen LogP contribution in [-0.2, 0) is 28.6 Å². The van der Waals surface area contributed by atoms with Crippen molar-refractivity contribution in [3.05, 3.63) is 36.5 Å². The Labute approximate surface area is 518 Å². The van der Waals surface area contributed by atoms with Crippen LogP contribution in [0.3, 0.4) is 0 Å². The van der Waals surface area contributed by atoms with Crippen LogP contribution in [0.1, 0.15) is 419 Å². The fourth-order valence-electron chi connectivity index (χ4n) is 11.6. The summed E-state index contributed by atoms with van der Waals surface area (Å²) >= 11 is 0. The number of unbranched alkanes of at least 4 members (excludes halogenated alkanes) is 53. The van der Waals surface area contributed by atoms with Crippen LogP contribution in [0.4, 0.5) is 0 Å². The largest absolute Gasteiger partial charge is 0.462 e. The lowest BCUT2D eigenvalue weighted by molar-refractivity contribution is -0.167. The quantitative estimate of drug-likeness (QED) is 0.0261. The molecule has 0 aliphatic carbocycles. The maximum atomic E-state index is 12.9. The minimum absolute atomic E-state index is 0.0718. The highest BCUT2D eigenvalue weighted by atomic mass is 16.6. The maximum Gasteiger partial charge on any atom is 0.306 e. The second kappa shape index (κ2) is 72.1. The van der Waals surface area contributed by atoms with Gasteiger partial charge in [0.25, 0.3) is 0 Å². The third-order valence-electron chi connectivity index (χ3n) is 17.2. The molecule has 1 atom stereocenters. The lowest BCUT2D eigenvalue weighted by atomic mass is 10.0. The number of hydrogen-bond acceptors (Lipinski definition) is 6. The number of rotatable bonds is 70. The molecule has 0 aromatic carbocycles. The van der Waals surface area contributed by atoms with Gasteiger partial charge in [-0.1, -0.05) is 385 Å². The van der Waals surface area contributed by atoms with Crippen molar-refractivity contribution in [2.75, 3.05) is 13.2 Å². The van der Waals surface area contributed by atoms with Crippen LogP contribution in [0.2, 0.25) is 0 Å². The van der Waals surface area contributed by atoms with Crippen LogP contribution >= 0.6 is 0 Å². The van der Waals surface area contributed by atoms with Crippen LogP contribution in [0.15, 0.2) is 36.5 Å². The Morgan fingerprint density at radius 1 is 0.253 bits per heavy atom. The van der Waals surface area contributed by atoms with Crippen LogP contribution in [0.5, 0.6) is 0 Å². The Balaban J connectivity index is 4.12. The standard InChI is InChI=1S/C77H144O6/c1-4-7-10-13-16-19-22-25-28-30-31-32-33-34-35-36-37-38-39-40-41-42-43-44-45-47-49-52-55-58-61-64-67-70-76(79)82-73-74(72-81-75(78)69-66-63-60-57-54-51-48-27-24-21-18-15-12-9-6-3)83-77(80)71-68-65-62-59-56-53-50-46-29-26-23-20-17-14-11-8-5-2/h9,12,18,21,27,48,74H,4-8,10-11,13-17,19-20,22-26,28-47,49-73H2,1-3H3/b12-9-,21-18-,48-27-. The van der Waals surface area contributed by atoms with Gasteiger partial charge in [0.15, 0.2) is 6.10 Å². The van der Waals surface area contributed by atoms with E-state index in [1.54, 1.807) is 0 Å². The van der Waals surface area contributed by atoms with Crippen molar-refractivity contribution in [1.29, 1.82) is 0 Å². The molecule has 0 amide bonds. The van der Waals surface area contributed by atoms with Crippen LogP contribution in [-0.4, -0.2) is 37.2 Å². The summed E-state index contributed by atoms with van der Waals surface area (Å²) in [6, 6.07) is 0. The second-order valence-corrected chi connectivity index (χ2v) is 25.5. The molecule has 0 heterocycles. The van der Waals surface area contributed by atoms with Crippen LogP contribution in [0.25, 0.3) is 0 Å². The number of esters is 3. The van der Waals surface area contributed by atoms with Crippen molar-refractivity contribution in [3.8, 4) is 0 Å². The molecular formula is C77H144O6. The van der Waals surface area contributed by atoms with Gasteiger partial charge in [0.05, 0.1) is 0 Å². The Hall–Kier alpha value is -2.37. The zero-order valence-corrected chi connectivity index (χ0v) is 56.2. The molecule has 0 aliphatic heterocycles. The molecular weight excluding hydrogens is 1020 g/mol. The molecule has 0 spiro atoms. The number of carbonyl (C=O) groups is 3. The first kappa shape index (κ1) is 80.6. The van der Waals surface area contributed by atoms with Crippen LogP contribution in [0, 0.1) is 0 Å². The fraction of sp³-hybridized carbons (Fsp3) is 0.883. The molecule has 0 rings (SSSR count). The lowest BCUT2D eigenvalue weighted by Gasteiger charge is -2.18. The highest BCUT2D eigenvalue weighted by molar-refractivity contribution is 5.71. The van der Waals surface area contributed by atoms with Gasteiger partial charge >= 0.3 is 17.9 Å². The zero-order valence-electron chi connectivity index (χ0n) is 56.2. The third-order valence-corrected chi connectivity index (χ3v) is 17.2. The number of allylic oxidation sites excluding steroid dienone is 6. The molecule has 1 unspecified atom stereocenters. The van der Waals surface area contributed by atoms with Gasteiger partial charge in [0, 0.05) is 19.3 Å². The van der Waals surface area contributed by atoms with E-state index in [-0.39, 0.29) is 31.1 Å². The van der Waals surface area contributed by atoms with E-state index in [1.807, 2.05) is 0 Å². The molecule has 0 aromatic rings. The molecule has 6 nitrogen and oxygen atoms in total. The summed E-state index contributed by atoms with van der Waals surface area (Å²) in [6.07, 6.45) is 90.7. The van der Waals surface area contributed by atoms with Crippen molar-refractivity contribution in [3.63, 3.8) is 0 Å². The van der Waals surface area contributed by atoms with Crippen molar-refractivity contribution >= 4 is 17.9 Å². The van der Waals surface area contributed by atoms with E-state index in [9.17, 15) is 14.4 Å². The maximum absolute atomic E-state index is 12.9. The monoisotopic (exact) mass is 1170 g/mol. The molecule has 0 aromatic heterocycles. The number of hydrogen-bond donors (Lipinski definition) is 0. The van der Waals surface area contributed by atoms with Gasteiger partial charge < -0.3 is 14.2 Å². The second-order valence-electron chi connectivity index (χ2n) is 25.5. The first-order chi connectivity index (χ1) is 41.0. The molecule has 0 fully saturated rings. The van der Waals surface area contributed by atoms with Crippen LogP contribution < -0.4 is 0 Å². The van der Waals surface area contributed by atoms with E-state index in [0.717, 1.165) is 96.3 Å². The van der Waals surface area contributed by atoms with Gasteiger partial charge in [-0.05, 0) is 51.4 Å². The Morgan fingerprint density at radius 2 is 0.470 bits per heavy atom. The average Bonchev–Trinajstić information content (AvgIpc) is 3.49. The predicted octanol–water partition coefficient (Wildman–Crippen LogP) is 25.9. The molecule has 0 aliphatic rings. The minimum Gasteiger partial charge on any atom is -0.462 e. The van der Waals surface area contributed by atoms with E-state index < -0.39 is 6.10 Å². The number of ether oxygens (including phenoxy) is 3. The SMILES string of the molecule is CC/C=C\C/C=C\C/C=C\CCCCCCCC(=O)OCC(COC(=O)CCCCCCCCCCCCCCCCCCCCCCCCCCCCCCCCCCC)OC(=O)CCCCCCCCCCCCCCCCCCC. The average molecular weight is 1170 g/mol. The summed E-state index contributed by atoms with van der Waals surface area (Å²) in [6.45, 7) is 6.60. The highest BCUT2D eigenvalue weighted by Crippen LogP contribution is 2.20. The summed E-state index contributed by atoms with van der Waals surface area (Å²) in [5.41, 5.74) is 0. The van der Waals surface area contributed by atoms with E-state index in [0.29, 0.717) is 19.3 Å². The first-order valence-electron chi connectivity index (χ1n) is 37.5. The molecule has 488 valence electrons. The van der Waals surface area contributed by atoms with E-state index in [1.165, 1.54) is 283 Å². The number of carbonyl (C=O) groups excluding carboxylic acids is 3. The molecule has 0 N–H and O–H groups in total. The smallest absolute Gasteiger partial charge is 0.306 e. The van der Waals surface area contributed by atoms with Gasteiger partial charge in [0.2, 0.25) is 0 Å². The molecule has 6 heteroatoms. The topological polar surface area (TPSA) is 78.9 Å². The van der Waals surface area contributed by atoms with Crippen molar-refractivity contribution < 1.29 is 28.6 Å². The van der Waals surface area contributed by atoms with Gasteiger partial charge in [-0.25, -0.2) is 0 Å². The first-order valence-corrected chi connectivity index (χ1v) is 37.5. The Morgan fingerprint density at radius 3 is 0.735 bits per heavy atom.